The standard InChI is InChI=1S/C13H14ClN3O2/c1-7-12(14)8(2)17(16-7)11-5-4-9(6-10(11)15)13(18)19-3/h4-6H,15H2,1-3H3. The van der Waals surface area contributed by atoms with E-state index in [0.717, 1.165) is 11.4 Å². The van der Waals surface area contributed by atoms with Gasteiger partial charge >= 0.3 is 5.97 Å². The normalized spacial score (nSPS) is 10.5. The number of aromatic nitrogens is 2. The molecule has 0 radical (unpaired) electrons. The van der Waals surface area contributed by atoms with Gasteiger partial charge < -0.3 is 10.5 Å². The molecule has 5 nitrogen and oxygen atoms in total. The van der Waals surface area contributed by atoms with Crippen LogP contribution in [-0.2, 0) is 4.74 Å². The molecule has 1 aromatic carbocycles. The van der Waals surface area contributed by atoms with Gasteiger partial charge in [0.05, 0.1) is 40.5 Å². The molecule has 0 fully saturated rings. The molecule has 0 bridgehead atoms. The highest BCUT2D eigenvalue weighted by molar-refractivity contribution is 6.31. The van der Waals surface area contributed by atoms with Crippen LogP contribution in [0.2, 0.25) is 5.02 Å². The van der Waals surface area contributed by atoms with Crippen molar-refractivity contribution in [1.29, 1.82) is 0 Å². The Hall–Kier alpha value is -2.01. The number of carbonyl (C=O) groups is 1. The third-order valence-electron chi connectivity index (χ3n) is 2.88. The Balaban J connectivity index is 2.52. The first-order chi connectivity index (χ1) is 8.95. The summed E-state index contributed by atoms with van der Waals surface area (Å²) in [5, 5.41) is 4.93. The molecule has 6 heteroatoms. The van der Waals surface area contributed by atoms with Gasteiger partial charge in [-0.3, -0.25) is 0 Å². The Kier molecular flexibility index (Phi) is 3.48. The van der Waals surface area contributed by atoms with Crippen LogP contribution in [0, 0.1) is 13.8 Å². The molecule has 0 unspecified atom stereocenters. The van der Waals surface area contributed by atoms with Gasteiger partial charge in [-0.1, -0.05) is 11.6 Å². The Morgan fingerprint density at radius 1 is 1.42 bits per heavy atom. The summed E-state index contributed by atoms with van der Waals surface area (Å²) in [6.45, 7) is 3.68. The van der Waals surface area contributed by atoms with Crippen molar-refractivity contribution in [3.63, 3.8) is 0 Å². The minimum atomic E-state index is -0.426. The van der Waals surface area contributed by atoms with Crippen LogP contribution in [0.5, 0.6) is 0 Å². The van der Waals surface area contributed by atoms with Crippen molar-refractivity contribution in [1.82, 2.24) is 9.78 Å². The lowest BCUT2D eigenvalue weighted by molar-refractivity contribution is 0.0601. The van der Waals surface area contributed by atoms with Crippen molar-refractivity contribution < 1.29 is 9.53 Å². The minimum Gasteiger partial charge on any atom is -0.465 e. The predicted octanol–water partition coefficient (Wildman–Crippen LogP) is 2.51. The zero-order valence-corrected chi connectivity index (χ0v) is 11.7. The van der Waals surface area contributed by atoms with Crippen LogP contribution in [0.15, 0.2) is 18.2 Å². The SMILES string of the molecule is COC(=O)c1ccc(-n2nc(C)c(Cl)c2C)c(N)c1. The summed E-state index contributed by atoms with van der Waals surface area (Å²) in [6, 6.07) is 4.92. The molecule has 0 aliphatic rings. The van der Waals surface area contributed by atoms with Crippen molar-refractivity contribution in [2.45, 2.75) is 13.8 Å². The summed E-state index contributed by atoms with van der Waals surface area (Å²) in [6.07, 6.45) is 0. The fraction of sp³-hybridized carbons (Fsp3) is 0.231. The van der Waals surface area contributed by atoms with Crippen LogP contribution in [0.4, 0.5) is 5.69 Å². The summed E-state index contributed by atoms with van der Waals surface area (Å²) in [5.74, 6) is -0.426. The Morgan fingerprint density at radius 2 is 2.11 bits per heavy atom. The maximum absolute atomic E-state index is 11.4. The van der Waals surface area contributed by atoms with Crippen molar-refractivity contribution in [2.24, 2.45) is 0 Å². The fourth-order valence-electron chi connectivity index (χ4n) is 1.85. The number of hydrogen-bond donors (Lipinski definition) is 1. The van der Waals surface area contributed by atoms with Crippen LogP contribution in [0.25, 0.3) is 5.69 Å². The average Bonchev–Trinajstić information content (AvgIpc) is 2.65. The van der Waals surface area contributed by atoms with Gasteiger partial charge in [0.25, 0.3) is 0 Å². The molecule has 0 saturated carbocycles. The first-order valence-electron chi connectivity index (χ1n) is 5.65. The van der Waals surface area contributed by atoms with Crippen LogP contribution in [0.3, 0.4) is 0 Å². The quantitative estimate of drug-likeness (QED) is 0.677. The second-order valence-corrected chi connectivity index (χ2v) is 4.54. The molecule has 2 aromatic rings. The van der Waals surface area contributed by atoms with Crippen molar-refractivity contribution in [2.75, 3.05) is 12.8 Å². The van der Waals surface area contributed by atoms with Gasteiger partial charge in [-0.25, -0.2) is 9.48 Å². The zero-order valence-electron chi connectivity index (χ0n) is 10.9. The first kappa shape index (κ1) is 13.4. The van der Waals surface area contributed by atoms with Gasteiger partial charge in [-0.2, -0.15) is 5.10 Å². The van der Waals surface area contributed by atoms with Gasteiger partial charge in [0, 0.05) is 0 Å². The Bertz CT molecular complexity index is 650. The molecule has 2 N–H and O–H groups in total. The van der Waals surface area contributed by atoms with Gasteiger partial charge in [0.2, 0.25) is 0 Å². The predicted molar refractivity (Wildman–Crippen MR) is 73.8 cm³/mol. The number of carbonyl (C=O) groups excluding carboxylic acids is 1. The monoisotopic (exact) mass is 279 g/mol. The number of benzene rings is 1. The second kappa shape index (κ2) is 4.93. The zero-order chi connectivity index (χ0) is 14.2. The third-order valence-corrected chi connectivity index (χ3v) is 3.43. The van der Waals surface area contributed by atoms with Crippen molar-refractivity contribution >= 4 is 23.3 Å². The van der Waals surface area contributed by atoms with Gasteiger partial charge in [-0.15, -0.1) is 0 Å². The smallest absolute Gasteiger partial charge is 0.337 e. The van der Waals surface area contributed by atoms with Gasteiger partial charge in [0.15, 0.2) is 0 Å². The maximum Gasteiger partial charge on any atom is 0.337 e. The molecule has 0 saturated heterocycles. The summed E-state index contributed by atoms with van der Waals surface area (Å²) in [5.41, 5.74) is 9.01. The second-order valence-electron chi connectivity index (χ2n) is 4.16. The van der Waals surface area contributed by atoms with E-state index in [0.29, 0.717) is 22.0 Å². The highest BCUT2D eigenvalue weighted by atomic mass is 35.5. The number of nitrogens with two attached hydrogens (primary N) is 1. The molecule has 0 aliphatic heterocycles. The number of anilines is 1. The molecule has 100 valence electrons. The van der Waals surface area contributed by atoms with Gasteiger partial charge in [0.1, 0.15) is 0 Å². The van der Waals surface area contributed by atoms with E-state index in [4.69, 9.17) is 17.3 Å². The van der Waals surface area contributed by atoms with E-state index in [1.165, 1.54) is 7.11 Å². The van der Waals surface area contributed by atoms with E-state index >= 15 is 0 Å². The summed E-state index contributed by atoms with van der Waals surface area (Å²) >= 11 is 6.11. The lowest BCUT2D eigenvalue weighted by atomic mass is 10.1. The topological polar surface area (TPSA) is 70.1 Å². The van der Waals surface area contributed by atoms with Gasteiger partial charge in [-0.05, 0) is 32.0 Å². The molecule has 1 heterocycles. The van der Waals surface area contributed by atoms with E-state index in [-0.39, 0.29) is 0 Å². The van der Waals surface area contributed by atoms with Crippen LogP contribution >= 0.6 is 11.6 Å². The molecule has 2 rings (SSSR count). The minimum absolute atomic E-state index is 0.399. The Morgan fingerprint density at radius 3 is 2.58 bits per heavy atom. The third kappa shape index (κ3) is 2.29. The van der Waals surface area contributed by atoms with E-state index < -0.39 is 5.97 Å². The number of nitrogens with zero attached hydrogens (tertiary/aromatic N) is 2. The van der Waals surface area contributed by atoms with Crippen LogP contribution in [-0.4, -0.2) is 22.9 Å². The first-order valence-corrected chi connectivity index (χ1v) is 6.03. The highest BCUT2D eigenvalue weighted by Crippen LogP contribution is 2.26. The largest absolute Gasteiger partial charge is 0.465 e. The number of ether oxygens (including phenoxy) is 1. The number of hydrogen-bond acceptors (Lipinski definition) is 4. The molecule has 19 heavy (non-hydrogen) atoms. The summed E-state index contributed by atoms with van der Waals surface area (Å²) < 4.78 is 6.31. The highest BCUT2D eigenvalue weighted by Gasteiger charge is 2.14. The Labute approximate surface area is 115 Å². The molecule has 0 amide bonds. The van der Waals surface area contributed by atoms with E-state index in [9.17, 15) is 4.79 Å². The van der Waals surface area contributed by atoms with Crippen molar-refractivity contribution in [3.8, 4) is 5.69 Å². The molecule has 0 aliphatic carbocycles. The maximum atomic E-state index is 11.4. The molecular formula is C13H14ClN3O2. The number of nitrogen functional groups attached to an aromatic ring is 1. The number of halogens is 1. The summed E-state index contributed by atoms with van der Waals surface area (Å²) in [4.78, 5) is 11.4. The van der Waals surface area contributed by atoms with Crippen molar-refractivity contribution in [3.05, 3.63) is 40.2 Å². The molecule has 0 spiro atoms. The van der Waals surface area contributed by atoms with E-state index in [1.54, 1.807) is 22.9 Å². The fourth-order valence-corrected chi connectivity index (χ4v) is 1.97. The number of aryl methyl sites for hydroxylation is 1. The molecule has 0 atom stereocenters. The summed E-state index contributed by atoms with van der Waals surface area (Å²) in [7, 11) is 1.33. The van der Waals surface area contributed by atoms with E-state index in [2.05, 4.69) is 9.84 Å². The average molecular weight is 280 g/mol. The van der Waals surface area contributed by atoms with Crippen LogP contribution < -0.4 is 5.73 Å². The number of rotatable bonds is 2. The van der Waals surface area contributed by atoms with E-state index in [1.807, 2.05) is 13.8 Å². The number of esters is 1. The number of methoxy groups -OCH3 is 1. The van der Waals surface area contributed by atoms with Crippen LogP contribution in [0.1, 0.15) is 21.7 Å². The molecular weight excluding hydrogens is 266 g/mol. The molecule has 1 aromatic heterocycles. The lowest BCUT2D eigenvalue weighted by Gasteiger charge is -2.09. The lowest BCUT2D eigenvalue weighted by Crippen LogP contribution is -2.07.